The van der Waals surface area contributed by atoms with Gasteiger partial charge in [0.15, 0.2) is 0 Å². The highest BCUT2D eigenvalue weighted by Crippen LogP contribution is 2.35. The minimum absolute atomic E-state index is 0.462. The highest BCUT2D eigenvalue weighted by atomic mass is 15.2. The van der Waals surface area contributed by atoms with Crippen molar-refractivity contribution in [2.24, 2.45) is 5.92 Å². The monoisotopic (exact) mass is 259 g/mol. The van der Waals surface area contributed by atoms with Crippen LogP contribution in [0.4, 0.5) is 0 Å². The third-order valence-corrected chi connectivity index (χ3v) is 4.56. The van der Waals surface area contributed by atoms with Crippen molar-refractivity contribution in [3.05, 3.63) is 30.1 Å². The number of hydrogen-bond acceptors (Lipinski definition) is 3. The van der Waals surface area contributed by atoms with E-state index in [2.05, 4.69) is 34.3 Å². The lowest BCUT2D eigenvalue weighted by atomic mass is 9.96. The third kappa shape index (κ3) is 3.34. The first-order valence-electron chi connectivity index (χ1n) is 7.72. The Labute approximate surface area is 116 Å². The summed E-state index contributed by atoms with van der Waals surface area (Å²) in [5.74, 6) is 0.869. The van der Waals surface area contributed by atoms with Gasteiger partial charge < -0.3 is 5.32 Å². The Morgan fingerprint density at radius 1 is 1.26 bits per heavy atom. The molecule has 2 heterocycles. The minimum Gasteiger partial charge on any atom is -0.317 e. The lowest BCUT2D eigenvalue weighted by Gasteiger charge is -2.34. The molecule has 19 heavy (non-hydrogen) atoms. The fourth-order valence-corrected chi connectivity index (χ4v) is 3.19. The molecule has 1 aliphatic carbocycles. The molecule has 2 fully saturated rings. The van der Waals surface area contributed by atoms with Crippen LogP contribution in [0, 0.1) is 5.92 Å². The average molecular weight is 259 g/mol. The van der Waals surface area contributed by atoms with Crippen molar-refractivity contribution in [1.82, 2.24) is 15.2 Å². The van der Waals surface area contributed by atoms with Gasteiger partial charge in [0, 0.05) is 24.8 Å². The van der Waals surface area contributed by atoms with Crippen LogP contribution in [0.5, 0.6) is 0 Å². The molecule has 1 saturated heterocycles. The Morgan fingerprint density at radius 3 is 2.68 bits per heavy atom. The Hall–Kier alpha value is -0.930. The topological polar surface area (TPSA) is 28.2 Å². The molecule has 1 aromatic heterocycles. The molecule has 1 aliphatic heterocycles. The molecular formula is C16H25N3. The summed E-state index contributed by atoms with van der Waals surface area (Å²) in [7, 11) is 0. The SMILES string of the molecule is CC(c1ccccn1)N(CC1CCNCC1)C1CC1. The molecule has 1 N–H and O–H groups in total. The van der Waals surface area contributed by atoms with E-state index < -0.39 is 0 Å². The van der Waals surface area contributed by atoms with E-state index >= 15 is 0 Å². The molecule has 3 rings (SSSR count). The van der Waals surface area contributed by atoms with Gasteiger partial charge in [0.05, 0.1) is 5.69 Å². The van der Waals surface area contributed by atoms with Crippen LogP contribution in [0.1, 0.15) is 44.3 Å². The van der Waals surface area contributed by atoms with E-state index in [-0.39, 0.29) is 0 Å². The van der Waals surface area contributed by atoms with E-state index in [1.807, 2.05) is 12.3 Å². The fraction of sp³-hybridized carbons (Fsp3) is 0.688. The molecule has 0 amide bonds. The predicted molar refractivity (Wildman–Crippen MR) is 78.0 cm³/mol. The number of pyridine rings is 1. The normalized spacial score (nSPS) is 22.6. The quantitative estimate of drug-likeness (QED) is 0.881. The predicted octanol–water partition coefficient (Wildman–Crippen LogP) is 2.61. The number of nitrogens with zero attached hydrogens (tertiary/aromatic N) is 2. The van der Waals surface area contributed by atoms with Crippen molar-refractivity contribution < 1.29 is 0 Å². The number of hydrogen-bond donors (Lipinski definition) is 1. The van der Waals surface area contributed by atoms with Gasteiger partial charge in [-0.1, -0.05) is 6.07 Å². The van der Waals surface area contributed by atoms with Gasteiger partial charge in [0.1, 0.15) is 0 Å². The smallest absolute Gasteiger partial charge is 0.0572 e. The molecule has 0 bridgehead atoms. The summed E-state index contributed by atoms with van der Waals surface area (Å²) in [5.41, 5.74) is 1.23. The van der Waals surface area contributed by atoms with Crippen molar-refractivity contribution in [1.29, 1.82) is 0 Å². The van der Waals surface area contributed by atoms with Crippen LogP contribution >= 0.6 is 0 Å². The number of aromatic nitrogens is 1. The van der Waals surface area contributed by atoms with Gasteiger partial charge in [-0.05, 0) is 63.7 Å². The second-order valence-corrected chi connectivity index (χ2v) is 6.05. The molecule has 3 heteroatoms. The molecule has 1 unspecified atom stereocenters. The summed E-state index contributed by atoms with van der Waals surface area (Å²) in [6.45, 7) is 5.97. The summed E-state index contributed by atoms with van der Waals surface area (Å²) in [6, 6.07) is 7.55. The van der Waals surface area contributed by atoms with Crippen LogP contribution in [0.25, 0.3) is 0 Å². The molecule has 0 aromatic carbocycles. The molecule has 1 saturated carbocycles. The molecule has 1 atom stereocenters. The highest BCUT2D eigenvalue weighted by molar-refractivity contribution is 5.09. The Morgan fingerprint density at radius 2 is 2.05 bits per heavy atom. The second-order valence-electron chi connectivity index (χ2n) is 6.05. The zero-order chi connectivity index (χ0) is 13.1. The number of nitrogens with one attached hydrogen (secondary N) is 1. The molecule has 104 valence electrons. The molecule has 0 radical (unpaired) electrons. The van der Waals surface area contributed by atoms with Gasteiger partial charge in [0.2, 0.25) is 0 Å². The van der Waals surface area contributed by atoms with Crippen LogP contribution in [-0.4, -0.2) is 35.6 Å². The maximum Gasteiger partial charge on any atom is 0.0572 e. The average Bonchev–Trinajstić information content (AvgIpc) is 3.31. The van der Waals surface area contributed by atoms with E-state index in [1.165, 1.54) is 51.0 Å². The van der Waals surface area contributed by atoms with Crippen molar-refractivity contribution >= 4 is 0 Å². The largest absolute Gasteiger partial charge is 0.317 e. The van der Waals surface area contributed by atoms with Crippen molar-refractivity contribution in [3.8, 4) is 0 Å². The number of piperidine rings is 1. The summed E-state index contributed by atoms with van der Waals surface area (Å²) < 4.78 is 0. The van der Waals surface area contributed by atoms with Gasteiger partial charge in [-0.2, -0.15) is 0 Å². The van der Waals surface area contributed by atoms with Gasteiger partial charge in [-0.3, -0.25) is 9.88 Å². The summed E-state index contributed by atoms with van der Waals surface area (Å²) in [4.78, 5) is 7.26. The van der Waals surface area contributed by atoms with Crippen molar-refractivity contribution in [3.63, 3.8) is 0 Å². The van der Waals surface area contributed by atoms with Crippen molar-refractivity contribution in [2.45, 2.75) is 44.7 Å². The molecule has 0 spiro atoms. The van der Waals surface area contributed by atoms with E-state index in [1.54, 1.807) is 0 Å². The maximum atomic E-state index is 4.55. The van der Waals surface area contributed by atoms with Gasteiger partial charge in [-0.15, -0.1) is 0 Å². The Bertz CT molecular complexity index is 382. The summed E-state index contributed by atoms with van der Waals surface area (Å²) >= 11 is 0. The highest BCUT2D eigenvalue weighted by Gasteiger charge is 2.34. The van der Waals surface area contributed by atoms with Gasteiger partial charge in [0.25, 0.3) is 0 Å². The molecule has 1 aromatic rings. The fourth-order valence-electron chi connectivity index (χ4n) is 3.19. The van der Waals surface area contributed by atoms with Crippen LogP contribution in [0.2, 0.25) is 0 Å². The van der Waals surface area contributed by atoms with Crippen LogP contribution in [0.3, 0.4) is 0 Å². The van der Waals surface area contributed by atoms with Crippen LogP contribution in [0.15, 0.2) is 24.4 Å². The Kier molecular flexibility index (Phi) is 4.14. The van der Waals surface area contributed by atoms with E-state index in [0.29, 0.717) is 6.04 Å². The maximum absolute atomic E-state index is 4.55. The standard InChI is InChI=1S/C16H25N3/c1-13(16-4-2-3-9-18-16)19(15-5-6-15)12-14-7-10-17-11-8-14/h2-4,9,13-15,17H,5-8,10-12H2,1H3. The first-order chi connectivity index (χ1) is 9.34. The lowest BCUT2D eigenvalue weighted by Crippen LogP contribution is -2.38. The van der Waals surface area contributed by atoms with Gasteiger partial charge >= 0.3 is 0 Å². The van der Waals surface area contributed by atoms with Crippen LogP contribution < -0.4 is 5.32 Å². The minimum atomic E-state index is 0.462. The number of rotatable bonds is 5. The molecular weight excluding hydrogens is 234 g/mol. The van der Waals surface area contributed by atoms with E-state index in [9.17, 15) is 0 Å². The summed E-state index contributed by atoms with van der Waals surface area (Å²) in [5, 5.41) is 3.46. The summed E-state index contributed by atoms with van der Waals surface area (Å²) in [6.07, 6.45) is 7.34. The first kappa shape index (κ1) is 13.1. The third-order valence-electron chi connectivity index (χ3n) is 4.56. The zero-order valence-electron chi connectivity index (χ0n) is 11.9. The molecule has 3 nitrogen and oxygen atoms in total. The molecule has 2 aliphatic rings. The second kappa shape index (κ2) is 6.02. The van der Waals surface area contributed by atoms with E-state index in [4.69, 9.17) is 0 Å². The van der Waals surface area contributed by atoms with Crippen molar-refractivity contribution in [2.75, 3.05) is 19.6 Å². The zero-order valence-corrected chi connectivity index (χ0v) is 11.9. The first-order valence-corrected chi connectivity index (χ1v) is 7.72. The van der Waals surface area contributed by atoms with Crippen LogP contribution in [-0.2, 0) is 0 Å². The Balaban J connectivity index is 1.66. The van der Waals surface area contributed by atoms with E-state index in [0.717, 1.165) is 12.0 Å². The van der Waals surface area contributed by atoms with Gasteiger partial charge in [-0.25, -0.2) is 0 Å². The lowest BCUT2D eigenvalue weighted by molar-refractivity contribution is 0.149.